The fraction of sp³-hybridized carbons (Fsp3) is 0.438. The highest BCUT2D eigenvalue weighted by Crippen LogP contribution is 2.37. The Labute approximate surface area is 123 Å². The molecule has 1 N–H and O–H groups in total. The van der Waals surface area contributed by atoms with Crippen LogP contribution in [0, 0.1) is 0 Å². The van der Waals surface area contributed by atoms with Crippen LogP contribution in [-0.2, 0) is 19.5 Å². The number of nitrogens with zero attached hydrogens (tertiary/aromatic N) is 3. The maximum absolute atomic E-state index is 10.7. The molecule has 1 aromatic heterocycles. The molecule has 1 aliphatic heterocycles. The number of methoxy groups -OCH3 is 1. The van der Waals surface area contributed by atoms with Gasteiger partial charge in [0.1, 0.15) is 11.6 Å². The number of ether oxygens (including phenoxy) is 1. The maximum Gasteiger partial charge on any atom is 0.122 e. The van der Waals surface area contributed by atoms with Crippen molar-refractivity contribution < 1.29 is 9.84 Å². The molecule has 0 radical (unpaired) electrons. The van der Waals surface area contributed by atoms with Gasteiger partial charge in [0.05, 0.1) is 19.8 Å². The second-order valence-corrected chi connectivity index (χ2v) is 5.79. The molecule has 2 unspecified atom stereocenters. The van der Waals surface area contributed by atoms with E-state index in [9.17, 15) is 5.11 Å². The van der Waals surface area contributed by atoms with E-state index in [2.05, 4.69) is 20.5 Å². The van der Waals surface area contributed by atoms with E-state index < -0.39 is 6.10 Å². The zero-order chi connectivity index (χ0) is 14.4. The van der Waals surface area contributed by atoms with Gasteiger partial charge in [-0.15, -0.1) is 0 Å². The molecule has 1 aromatic carbocycles. The molecule has 4 rings (SSSR count). The third kappa shape index (κ3) is 2.04. The molecular formula is C16H19N3O2. The van der Waals surface area contributed by atoms with Gasteiger partial charge < -0.3 is 14.4 Å². The van der Waals surface area contributed by atoms with Crippen LogP contribution >= 0.6 is 0 Å². The van der Waals surface area contributed by atoms with Gasteiger partial charge in [-0.25, -0.2) is 4.98 Å². The summed E-state index contributed by atoms with van der Waals surface area (Å²) in [5, 5.41) is 10.7. The lowest BCUT2D eigenvalue weighted by molar-refractivity contribution is 0.0436. The summed E-state index contributed by atoms with van der Waals surface area (Å²) in [4.78, 5) is 6.75. The second kappa shape index (κ2) is 4.86. The Bertz CT molecular complexity index is 667. The van der Waals surface area contributed by atoms with Gasteiger partial charge in [-0.2, -0.15) is 0 Å². The summed E-state index contributed by atoms with van der Waals surface area (Å²) in [6.45, 7) is 2.70. The molecule has 2 atom stereocenters. The average Bonchev–Trinajstić information content (AvgIpc) is 3.11. The number of fused-ring (bicyclic) bond motifs is 2. The van der Waals surface area contributed by atoms with Gasteiger partial charge in [0.2, 0.25) is 0 Å². The van der Waals surface area contributed by atoms with Crippen LogP contribution in [0.2, 0.25) is 0 Å². The van der Waals surface area contributed by atoms with Crippen molar-refractivity contribution in [3.63, 3.8) is 0 Å². The van der Waals surface area contributed by atoms with E-state index in [0.717, 1.165) is 43.2 Å². The standard InChI is InChI=1S/C16H19N3O2/c1-21-12-3-2-11-8-14(16(20)13(11)9-12)19-7-6-18-5-4-17-15(18)10-19/h2-5,9,14,16,20H,6-8,10H2,1H3. The summed E-state index contributed by atoms with van der Waals surface area (Å²) in [5.41, 5.74) is 2.23. The lowest BCUT2D eigenvalue weighted by atomic mass is 10.1. The second-order valence-electron chi connectivity index (χ2n) is 5.79. The minimum Gasteiger partial charge on any atom is -0.497 e. The Morgan fingerprint density at radius 3 is 3.10 bits per heavy atom. The van der Waals surface area contributed by atoms with Crippen LogP contribution in [0.1, 0.15) is 23.1 Å². The van der Waals surface area contributed by atoms with Crippen LogP contribution in [0.4, 0.5) is 0 Å². The van der Waals surface area contributed by atoms with E-state index in [-0.39, 0.29) is 6.04 Å². The number of aromatic nitrogens is 2. The third-order valence-corrected chi connectivity index (χ3v) is 4.71. The van der Waals surface area contributed by atoms with Crippen LogP contribution in [0.15, 0.2) is 30.6 Å². The molecular weight excluding hydrogens is 266 g/mol. The minimum atomic E-state index is -0.448. The number of benzene rings is 1. The average molecular weight is 285 g/mol. The van der Waals surface area contributed by atoms with Gasteiger partial charge in [0.25, 0.3) is 0 Å². The molecule has 110 valence electrons. The summed E-state index contributed by atoms with van der Waals surface area (Å²) in [7, 11) is 1.66. The monoisotopic (exact) mass is 285 g/mol. The van der Waals surface area contributed by atoms with Gasteiger partial charge in [-0.3, -0.25) is 4.90 Å². The summed E-state index contributed by atoms with van der Waals surface area (Å²) in [6.07, 6.45) is 4.32. The van der Waals surface area contributed by atoms with Gasteiger partial charge in [-0.05, 0) is 29.7 Å². The van der Waals surface area contributed by atoms with Gasteiger partial charge in [-0.1, -0.05) is 6.07 Å². The van der Waals surface area contributed by atoms with Crippen LogP contribution in [0.3, 0.4) is 0 Å². The van der Waals surface area contributed by atoms with Crippen molar-refractivity contribution in [2.24, 2.45) is 0 Å². The van der Waals surface area contributed by atoms with E-state index in [0.29, 0.717) is 0 Å². The molecule has 21 heavy (non-hydrogen) atoms. The number of rotatable bonds is 2. The highest BCUT2D eigenvalue weighted by atomic mass is 16.5. The first kappa shape index (κ1) is 12.9. The predicted octanol–water partition coefficient (Wildman–Crippen LogP) is 1.37. The van der Waals surface area contributed by atoms with Gasteiger partial charge >= 0.3 is 0 Å². The number of imidazole rings is 1. The molecule has 2 aliphatic rings. The van der Waals surface area contributed by atoms with Crippen molar-refractivity contribution in [1.82, 2.24) is 14.5 Å². The molecule has 2 aromatic rings. The fourth-order valence-corrected chi connectivity index (χ4v) is 3.51. The Morgan fingerprint density at radius 2 is 2.24 bits per heavy atom. The third-order valence-electron chi connectivity index (χ3n) is 4.71. The topological polar surface area (TPSA) is 50.5 Å². The van der Waals surface area contributed by atoms with E-state index in [4.69, 9.17) is 4.74 Å². The summed E-state index contributed by atoms with van der Waals surface area (Å²) >= 11 is 0. The first-order valence-electron chi connectivity index (χ1n) is 7.35. The summed E-state index contributed by atoms with van der Waals surface area (Å²) in [5.74, 6) is 1.89. The molecule has 5 nitrogen and oxygen atoms in total. The zero-order valence-corrected chi connectivity index (χ0v) is 12.1. The van der Waals surface area contributed by atoms with E-state index in [1.807, 2.05) is 24.5 Å². The lowest BCUT2D eigenvalue weighted by Crippen LogP contribution is -2.43. The van der Waals surface area contributed by atoms with Crippen LogP contribution in [0.5, 0.6) is 5.75 Å². The Morgan fingerprint density at radius 1 is 1.33 bits per heavy atom. The molecule has 0 saturated heterocycles. The van der Waals surface area contributed by atoms with Crippen molar-refractivity contribution in [2.75, 3.05) is 13.7 Å². The van der Waals surface area contributed by atoms with Gasteiger partial charge in [0, 0.05) is 31.5 Å². The van der Waals surface area contributed by atoms with E-state index >= 15 is 0 Å². The highest BCUT2D eigenvalue weighted by molar-refractivity contribution is 5.41. The molecule has 0 saturated carbocycles. The van der Waals surface area contributed by atoms with Crippen molar-refractivity contribution in [2.45, 2.75) is 31.7 Å². The Kier molecular flexibility index (Phi) is 2.97. The minimum absolute atomic E-state index is 0.137. The maximum atomic E-state index is 10.7. The Balaban J connectivity index is 1.58. The van der Waals surface area contributed by atoms with Crippen molar-refractivity contribution >= 4 is 0 Å². The SMILES string of the molecule is COc1ccc2c(c1)C(O)C(N1CCn3ccnc3C1)C2. The molecule has 1 aliphatic carbocycles. The number of aliphatic hydroxyl groups excluding tert-OH is 1. The predicted molar refractivity (Wildman–Crippen MR) is 78.1 cm³/mol. The zero-order valence-electron chi connectivity index (χ0n) is 12.1. The molecule has 2 heterocycles. The highest BCUT2D eigenvalue weighted by Gasteiger charge is 2.36. The molecule has 0 fully saturated rings. The normalized spacial score (nSPS) is 24.7. The number of aliphatic hydroxyl groups is 1. The first-order chi connectivity index (χ1) is 10.3. The molecule has 0 spiro atoms. The smallest absolute Gasteiger partial charge is 0.122 e. The summed E-state index contributed by atoms with van der Waals surface area (Å²) < 4.78 is 7.46. The van der Waals surface area contributed by atoms with Crippen LogP contribution in [0.25, 0.3) is 0 Å². The fourth-order valence-electron chi connectivity index (χ4n) is 3.51. The van der Waals surface area contributed by atoms with Crippen molar-refractivity contribution in [3.05, 3.63) is 47.5 Å². The lowest BCUT2D eigenvalue weighted by Gasteiger charge is -2.34. The van der Waals surface area contributed by atoms with Crippen LogP contribution in [-0.4, -0.2) is 39.3 Å². The molecule has 5 heteroatoms. The van der Waals surface area contributed by atoms with E-state index in [1.165, 1.54) is 5.56 Å². The largest absolute Gasteiger partial charge is 0.497 e. The van der Waals surface area contributed by atoms with E-state index in [1.54, 1.807) is 7.11 Å². The van der Waals surface area contributed by atoms with Gasteiger partial charge in [0.15, 0.2) is 0 Å². The number of hydrogen-bond donors (Lipinski definition) is 1. The quantitative estimate of drug-likeness (QED) is 0.905. The molecule has 0 bridgehead atoms. The summed E-state index contributed by atoms with van der Waals surface area (Å²) in [6, 6.07) is 6.14. The van der Waals surface area contributed by atoms with Crippen molar-refractivity contribution in [1.29, 1.82) is 0 Å². The molecule has 0 amide bonds. The Hall–Kier alpha value is -1.85. The number of hydrogen-bond acceptors (Lipinski definition) is 4. The first-order valence-corrected chi connectivity index (χ1v) is 7.35. The van der Waals surface area contributed by atoms with Crippen molar-refractivity contribution in [3.8, 4) is 5.75 Å². The van der Waals surface area contributed by atoms with Crippen LogP contribution < -0.4 is 4.74 Å².